The first-order chi connectivity index (χ1) is 13.2. The molecule has 1 amide bonds. The first-order valence-electron chi connectivity index (χ1n) is 9.77. The van der Waals surface area contributed by atoms with Crippen molar-refractivity contribution in [1.82, 2.24) is 5.43 Å². The number of hydrogen-bond acceptors (Lipinski definition) is 3. The number of carbonyl (C=O) groups excluding carboxylic acids is 1. The van der Waals surface area contributed by atoms with Gasteiger partial charge in [0.1, 0.15) is 12.4 Å². The molecule has 0 saturated heterocycles. The van der Waals surface area contributed by atoms with Gasteiger partial charge < -0.3 is 4.74 Å². The van der Waals surface area contributed by atoms with Crippen molar-refractivity contribution in [3.05, 3.63) is 65.7 Å². The number of nitrogens with one attached hydrogen (secondary N) is 1. The fourth-order valence-electron chi connectivity index (χ4n) is 4.54. The summed E-state index contributed by atoms with van der Waals surface area (Å²) < 4.78 is 5.93. The van der Waals surface area contributed by atoms with Gasteiger partial charge in [-0.25, -0.2) is 5.43 Å². The number of amides is 1. The van der Waals surface area contributed by atoms with Crippen LogP contribution in [0.2, 0.25) is 0 Å². The minimum atomic E-state index is 0.0586. The van der Waals surface area contributed by atoms with Gasteiger partial charge in [-0.05, 0) is 41.9 Å². The topological polar surface area (TPSA) is 50.7 Å². The van der Waals surface area contributed by atoms with Crippen LogP contribution in [0.25, 0.3) is 0 Å². The Bertz CT molecular complexity index is 833. The first kappa shape index (κ1) is 17.8. The Labute approximate surface area is 160 Å². The van der Waals surface area contributed by atoms with Gasteiger partial charge in [-0.3, -0.25) is 4.79 Å². The zero-order chi connectivity index (χ0) is 18.7. The summed E-state index contributed by atoms with van der Waals surface area (Å²) in [5.41, 5.74) is 4.92. The van der Waals surface area contributed by atoms with Crippen molar-refractivity contribution in [3.63, 3.8) is 0 Å². The van der Waals surface area contributed by atoms with Gasteiger partial charge in [0.25, 0.3) is 0 Å². The fraction of sp³-hybridized carbons (Fsp3) is 0.391. The second-order valence-corrected chi connectivity index (χ2v) is 7.88. The van der Waals surface area contributed by atoms with E-state index in [1.807, 2.05) is 54.6 Å². The molecule has 2 fully saturated rings. The van der Waals surface area contributed by atoms with Crippen molar-refractivity contribution in [2.75, 3.05) is 0 Å². The smallest absolute Gasteiger partial charge is 0.244 e. The third-order valence-electron chi connectivity index (χ3n) is 6.15. The van der Waals surface area contributed by atoms with Gasteiger partial charge >= 0.3 is 0 Å². The number of nitrogens with zero attached hydrogens (tertiary/aromatic N) is 1. The summed E-state index contributed by atoms with van der Waals surface area (Å²) in [4.78, 5) is 12.5. The third kappa shape index (κ3) is 3.75. The summed E-state index contributed by atoms with van der Waals surface area (Å²) in [6.07, 6.45) is 6.50. The van der Waals surface area contributed by atoms with Crippen molar-refractivity contribution in [2.24, 2.45) is 22.4 Å². The van der Waals surface area contributed by atoms with E-state index in [4.69, 9.17) is 4.74 Å². The summed E-state index contributed by atoms with van der Waals surface area (Å²) in [7, 11) is 0. The maximum atomic E-state index is 12.5. The standard InChI is InChI=1S/C23H26N2O2/c1-23-14-8-7-12-19(23)21(23)22(26)25-24-15-18-11-5-6-13-20(18)27-16-17-9-3-2-4-10-17/h2-6,9-11,13,15,19,21H,7-8,12,14,16H2,1H3,(H,25,26)/b24-15-/t19-,21+,23-/m0/s1. The molecule has 3 atom stereocenters. The highest BCUT2D eigenvalue weighted by atomic mass is 16.5. The Hall–Kier alpha value is -2.62. The van der Waals surface area contributed by atoms with Crippen molar-refractivity contribution < 1.29 is 9.53 Å². The third-order valence-corrected chi connectivity index (χ3v) is 6.15. The molecule has 4 nitrogen and oxygen atoms in total. The number of carbonyl (C=O) groups is 1. The fourth-order valence-corrected chi connectivity index (χ4v) is 4.54. The Kier molecular flexibility index (Phi) is 4.97. The van der Waals surface area contributed by atoms with E-state index in [0.717, 1.165) is 23.3 Å². The number of hydrogen-bond donors (Lipinski definition) is 1. The predicted molar refractivity (Wildman–Crippen MR) is 107 cm³/mol. The SMILES string of the molecule is C[C@]12CCCC[C@H]1[C@@H]2C(=O)N/N=C\c1ccccc1OCc1ccccc1. The molecule has 27 heavy (non-hydrogen) atoms. The number of para-hydroxylation sites is 1. The lowest BCUT2D eigenvalue weighted by Crippen LogP contribution is -2.22. The molecule has 2 aliphatic rings. The summed E-state index contributed by atoms with van der Waals surface area (Å²) in [5, 5.41) is 4.20. The van der Waals surface area contributed by atoms with Gasteiger partial charge in [0, 0.05) is 11.5 Å². The van der Waals surface area contributed by atoms with Gasteiger partial charge in [-0.1, -0.05) is 62.2 Å². The number of hydrazone groups is 1. The molecule has 4 heteroatoms. The lowest BCUT2D eigenvalue weighted by molar-refractivity contribution is -0.123. The van der Waals surface area contributed by atoms with Crippen molar-refractivity contribution >= 4 is 12.1 Å². The summed E-state index contributed by atoms with van der Waals surface area (Å²) in [6.45, 7) is 2.75. The van der Waals surface area contributed by atoms with Crippen molar-refractivity contribution in [3.8, 4) is 5.75 Å². The van der Waals surface area contributed by atoms with Crippen molar-refractivity contribution in [1.29, 1.82) is 0 Å². The van der Waals surface area contributed by atoms with Crippen molar-refractivity contribution in [2.45, 2.75) is 39.2 Å². The Morgan fingerprint density at radius 1 is 1.19 bits per heavy atom. The zero-order valence-electron chi connectivity index (χ0n) is 15.7. The largest absolute Gasteiger partial charge is 0.488 e. The first-order valence-corrected chi connectivity index (χ1v) is 9.77. The molecular formula is C23H26N2O2. The second kappa shape index (κ2) is 7.55. The van der Waals surface area contributed by atoms with E-state index in [1.165, 1.54) is 19.3 Å². The van der Waals surface area contributed by atoms with Crippen LogP contribution in [0.15, 0.2) is 59.7 Å². The van der Waals surface area contributed by atoms with Crippen LogP contribution in [0.4, 0.5) is 0 Å². The molecule has 2 aromatic carbocycles. The lowest BCUT2D eigenvalue weighted by Gasteiger charge is -2.15. The normalized spacial score (nSPS) is 26.4. The van der Waals surface area contributed by atoms with Crippen LogP contribution < -0.4 is 10.2 Å². The molecule has 140 valence electrons. The van der Waals surface area contributed by atoms with Crippen LogP contribution in [-0.2, 0) is 11.4 Å². The van der Waals surface area contributed by atoms with E-state index in [0.29, 0.717) is 12.5 Å². The van der Waals surface area contributed by atoms with Gasteiger partial charge in [-0.15, -0.1) is 0 Å². The van der Waals surface area contributed by atoms with Gasteiger partial charge in [-0.2, -0.15) is 5.10 Å². The van der Waals surface area contributed by atoms with Gasteiger partial charge in [0.05, 0.1) is 6.21 Å². The monoisotopic (exact) mass is 362 g/mol. The van der Waals surface area contributed by atoms with Crippen LogP contribution in [0.3, 0.4) is 0 Å². The molecule has 1 N–H and O–H groups in total. The lowest BCUT2D eigenvalue weighted by atomic mass is 9.90. The molecule has 2 aliphatic carbocycles. The van der Waals surface area contributed by atoms with E-state index in [1.54, 1.807) is 6.21 Å². The number of benzene rings is 2. The molecule has 0 spiro atoms. The molecule has 2 aromatic rings. The molecule has 0 aromatic heterocycles. The molecule has 2 saturated carbocycles. The predicted octanol–water partition coefficient (Wildman–Crippen LogP) is 4.54. The molecule has 0 heterocycles. The average Bonchev–Trinajstić information content (AvgIpc) is 3.33. The molecular weight excluding hydrogens is 336 g/mol. The van der Waals surface area contributed by atoms with Gasteiger partial charge in [0.15, 0.2) is 0 Å². The average molecular weight is 362 g/mol. The molecule has 4 rings (SSSR count). The quantitative estimate of drug-likeness (QED) is 0.606. The van der Waals surface area contributed by atoms with E-state index in [2.05, 4.69) is 17.5 Å². The number of ether oxygens (including phenoxy) is 1. The van der Waals surface area contributed by atoms with Crippen LogP contribution in [0.5, 0.6) is 5.75 Å². The highest BCUT2D eigenvalue weighted by molar-refractivity contribution is 5.87. The van der Waals surface area contributed by atoms with E-state index < -0.39 is 0 Å². The van der Waals surface area contributed by atoms with Gasteiger partial charge in [0.2, 0.25) is 5.91 Å². The second-order valence-electron chi connectivity index (χ2n) is 7.88. The highest BCUT2D eigenvalue weighted by Gasteiger charge is 2.64. The van der Waals surface area contributed by atoms with E-state index in [9.17, 15) is 4.79 Å². The zero-order valence-corrected chi connectivity index (χ0v) is 15.7. The Morgan fingerprint density at radius 3 is 2.74 bits per heavy atom. The molecule has 0 bridgehead atoms. The summed E-state index contributed by atoms with van der Waals surface area (Å²) >= 11 is 0. The summed E-state index contributed by atoms with van der Waals surface area (Å²) in [5.74, 6) is 1.49. The molecule has 0 unspecified atom stereocenters. The van der Waals surface area contributed by atoms with E-state index in [-0.39, 0.29) is 17.2 Å². The number of fused-ring (bicyclic) bond motifs is 1. The maximum Gasteiger partial charge on any atom is 0.244 e. The minimum Gasteiger partial charge on any atom is -0.488 e. The van der Waals surface area contributed by atoms with Crippen LogP contribution in [0.1, 0.15) is 43.7 Å². The van der Waals surface area contributed by atoms with Crippen LogP contribution >= 0.6 is 0 Å². The minimum absolute atomic E-state index is 0.0586. The Balaban J connectivity index is 1.36. The number of rotatable bonds is 6. The van der Waals surface area contributed by atoms with Crippen LogP contribution in [-0.4, -0.2) is 12.1 Å². The molecule has 0 aliphatic heterocycles. The highest BCUT2D eigenvalue weighted by Crippen LogP contribution is 2.66. The maximum absolute atomic E-state index is 12.5. The van der Waals surface area contributed by atoms with E-state index >= 15 is 0 Å². The Morgan fingerprint density at radius 2 is 1.96 bits per heavy atom. The van der Waals surface area contributed by atoms with Crippen LogP contribution in [0, 0.1) is 17.3 Å². The summed E-state index contributed by atoms with van der Waals surface area (Å²) in [6, 6.07) is 17.8. The molecule has 0 radical (unpaired) electrons.